The zero-order chi connectivity index (χ0) is 23.8. The second-order valence-corrected chi connectivity index (χ2v) is 9.06. The van der Waals surface area contributed by atoms with E-state index in [9.17, 15) is 0 Å². The third-order valence-corrected chi connectivity index (χ3v) is 7.15. The Morgan fingerprint density at radius 1 is 0.853 bits per heavy atom. The minimum absolute atomic E-state index is 0.339. The Balaban J connectivity index is 0.00000133. The molecule has 2 unspecified atom stereocenters. The molecule has 3 nitrogen and oxygen atoms in total. The predicted octanol–water partition coefficient (Wildman–Crippen LogP) is 7.80. The van der Waals surface area contributed by atoms with Crippen molar-refractivity contribution in [2.24, 2.45) is 0 Å². The first-order chi connectivity index (χ1) is 16.8. The van der Waals surface area contributed by atoms with Crippen LogP contribution in [0, 0.1) is 0 Å². The van der Waals surface area contributed by atoms with Crippen molar-refractivity contribution in [2.75, 3.05) is 33.4 Å². The molecule has 1 aliphatic heterocycles. The molecule has 1 aliphatic carbocycles. The third-order valence-electron chi connectivity index (χ3n) is 7.15. The minimum atomic E-state index is 0.339. The largest absolute Gasteiger partial charge is 0.497 e. The summed E-state index contributed by atoms with van der Waals surface area (Å²) in [6.45, 7) is 4.22. The Morgan fingerprint density at radius 3 is 2.26 bits per heavy atom. The summed E-state index contributed by atoms with van der Waals surface area (Å²) < 4.78 is 11.6. The molecule has 0 N–H and O–H groups in total. The Kier molecular flexibility index (Phi) is 9.94. The molecule has 180 valence electrons. The van der Waals surface area contributed by atoms with Gasteiger partial charge in [0.25, 0.3) is 0 Å². The van der Waals surface area contributed by atoms with Gasteiger partial charge in [-0.15, -0.1) is 0 Å². The Morgan fingerprint density at radius 2 is 1.56 bits per heavy atom. The molecule has 0 amide bonds. The summed E-state index contributed by atoms with van der Waals surface area (Å²) in [5, 5.41) is 0. The van der Waals surface area contributed by atoms with E-state index in [2.05, 4.69) is 115 Å². The number of aryl methyl sites for hydroxylation is 1. The molecular formula is C29H33I2NO2. The fourth-order valence-corrected chi connectivity index (χ4v) is 5.46. The smallest absolute Gasteiger partial charge is 0.119 e. The monoisotopic (exact) mass is 681 g/mol. The lowest BCUT2D eigenvalue weighted by Crippen LogP contribution is -2.25. The van der Waals surface area contributed by atoms with Crippen LogP contribution in [0.25, 0.3) is 0 Å². The summed E-state index contributed by atoms with van der Waals surface area (Å²) in [5.74, 6) is 2.72. The summed E-state index contributed by atoms with van der Waals surface area (Å²) in [6.07, 6.45) is 4.88. The molecule has 3 aromatic rings. The van der Waals surface area contributed by atoms with Crippen molar-refractivity contribution in [1.82, 2.24) is 4.90 Å². The van der Waals surface area contributed by atoms with Crippen molar-refractivity contribution in [3.05, 3.63) is 95.1 Å². The van der Waals surface area contributed by atoms with Gasteiger partial charge in [0.1, 0.15) is 18.1 Å². The number of ether oxygens (including phenoxy) is 2. The molecule has 0 radical (unpaired) electrons. The van der Waals surface area contributed by atoms with E-state index in [-0.39, 0.29) is 0 Å². The molecule has 34 heavy (non-hydrogen) atoms. The predicted molar refractivity (Wildman–Crippen MR) is 158 cm³/mol. The number of halogens is 2. The maximum atomic E-state index is 6.06. The number of nitrogens with zero attached hydrogens (tertiary/aromatic N) is 1. The number of fused-ring (bicyclic) bond motifs is 1. The second kappa shape index (κ2) is 13.1. The second-order valence-electron chi connectivity index (χ2n) is 9.06. The fraction of sp³-hybridized carbons (Fsp3) is 0.379. The van der Waals surface area contributed by atoms with Gasteiger partial charge in [-0.3, -0.25) is 4.90 Å². The molecule has 0 aromatic heterocycles. The third kappa shape index (κ3) is 6.26. The van der Waals surface area contributed by atoms with E-state index in [0.29, 0.717) is 11.8 Å². The molecule has 0 spiro atoms. The summed E-state index contributed by atoms with van der Waals surface area (Å²) in [7, 11) is 1.75. The number of hydrogen-bond acceptors (Lipinski definition) is 3. The quantitative estimate of drug-likeness (QED) is 0.238. The molecule has 2 atom stereocenters. The number of likely N-dealkylation sites (tertiary alicyclic amines) is 1. The molecule has 1 saturated heterocycles. The van der Waals surface area contributed by atoms with Crippen LogP contribution in [-0.2, 0) is 6.42 Å². The summed E-state index contributed by atoms with van der Waals surface area (Å²) >= 11 is 4.24. The van der Waals surface area contributed by atoms with Crippen molar-refractivity contribution in [3.63, 3.8) is 0 Å². The average molecular weight is 681 g/mol. The highest BCUT2D eigenvalue weighted by atomic mass is 128. The first-order valence-electron chi connectivity index (χ1n) is 12.1. The molecule has 2 aliphatic rings. The SMILES string of the molecule is COc1ccc2c(c1)CCC(c1ccccc1)C2c1ccc(OCCN2CCCC2)cc1.II. The standard InChI is InChI=1S/C29H33NO2.I2/c1-31-26-14-16-28-24(21-26)11-15-27(22-7-3-2-4-8-22)29(28)23-9-12-25(13-10-23)32-20-19-30-17-5-6-18-30;1-2/h2-4,7-10,12-14,16,21,27,29H,5-6,11,15,17-20H2,1H3;. The minimum Gasteiger partial charge on any atom is -0.497 e. The zero-order valence-corrected chi connectivity index (χ0v) is 24.1. The van der Waals surface area contributed by atoms with Crippen molar-refractivity contribution < 1.29 is 9.47 Å². The zero-order valence-electron chi connectivity index (χ0n) is 19.8. The first kappa shape index (κ1) is 25.8. The van der Waals surface area contributed by atoms with Gasteiger partial charge in [-0.25, -0.2) is 0 Å². The van der Waals surface area contributed by atoms with Crippen LogP contribution in [0.4, 0.5) is 0 Å². The molecule has 5 rings (SSSR count). The normalized spacial score (nSPS) is 19.6. The Bertz CT molecular complexity index is 1020. The Labute approximate surface area is 227 Å². The van der Waals surface area contributed by atoms with Crippen LogP contribution >= 0.6 is 37.2 Å². The van der Waals surface area contributed by atoms with Gasteiger partial charge in [-0.2, -0.15) is 0 Å². The van der Waals surface area contributed by atoms with E-state index in [1.165, 1.54) is 48.2 Å². The van der Waals surface area contributed by atoms with Gasteiger partial charge in [0, 0.05) is 49.7 Å². The average Bonchev–Trinajstić information content (AvgIpc) is 3.43. The van der Waals surface area contributed by atoms with Crippen molar-refractivity contribution >= 4 is 37.2 Å². The highest BCUT2D eigenvalue weighted by Gasteiger charge is 2.32. The van der Waals surface area contributed by atoms with Crippen LogP contribution in [0.1, 0.15) is 53.4 Å². The lowest BCUT2D eigenvalue weighted by Gasteiger charge is -2.35. The number of methoxy groups -OCH3 is 1. The topological polar surface area (TPSA) is 21.7 Å². The molecule has 3 aromatic carbocycles. The van der Waals surface area contributed by atoms with E-state index in [1.54, 1.807) is 7.11 Å². The van der Waals surface area contributed by atoms with Crippen molar-refractivity contribution in [2.45, 2.75) is 37.5 Å². The van der Waals surface area contributed by atoms with Crippen LogP contribution in [0.2, 0.25) is 0 Å². The van der Waals surface area contributed by atoms with Gasteiger partial charge in [-0.1, -0.05) is 48.5 Å². The van der Waals surface area contributed by atoms with E-state index < -0.39 is 0 Å². The van der Waals surface area contributed by atoms with Gasteiger partial charge in [0.2, 0.25) is 0 Å². The van der Waals surface area contributed by atoms with Crippen LogP contribution < -0.4 is 9.47 Å². The van der Waals surface area contributed by atoms with Crippen LogP contribution in [0.3, 0.4) is 0 Å². The summed E-state index contributed by atoms with van der Waals surface area (Å²) in [5.41, 5.74) is 5.61. The van der Waals surface area contributed by atoms with Gasteiger partial charge in [0.05, 0.1) is 7.11 Å². The molecule has 0 bridgehead atoms. The van der Waals surface area contributed by atoms with Gasteiger partial charge in [0.15, 0.2) is 0 Å². The maximum Gasteiger partial charge on any atom is 0.119 e. The van der Waals surface area contributed by atoms with E-state index in [4.69, 9.17) is 9.47 Å². The highest BCUT2D eigenvalue weighted by molar-refractivity contribution is 15.0. The number of benzene rings is 3. The van der Waals surface area contributed by atoms with Gasteiger partial charge in [-0.05, 0) is 91.2 Å². The molecule has 0 saturated carbocycles. The lowest BCUT2D eigenvalue weighted by molar-refractivity contribution is 0.237. The Hall–Kier alpha value is -1.32. The van der Waals surface area contributed by atoms with Crippen LogP contribution in [-0.4, -0.2) is 38.3 Å². The van der Waals surface area contributed by atoms with Crippen molar-refractivity contribution in [1.29, 1.82) is 0 Å². The number of rotatable bonds is 7. The van der Waals surface area contributed by atoms with Gasteiger partial charge >= 0.3 is 0 Å². The van der Waals surface area contributed by atoms with Crippen molar-refractivity contribution in [3.8, 4) is 11.5 Å². The van der Waals surface area contributed by atoms with Gasteiger partial charge < -0.3 is 9.47 Å². The van der Waals surface area contributed by atoms with E-state index in [0.717, 1.165) is 37.5 Å². The van der Waals surface area contributed by atoms with E-state index >= 15 is 0 Å². The van der Waals surface area contributed by atoms with Crippen LogP contribution in [0.15, 0.2) is 72.8 Å². The molecule has 1 heterocycles. The molecular weight excluding hydrogens is 648 g/mol. The molecule has 1 fully saturated rings. The van der Waals surface area contributed by atoms with Crippen LogP contribution in [0.5, 0.6) is 11.5 Å². The maximum absolute atomic E-state index is 6.06. The number of hydrogen-bond donors (Lipinski definition) is 0. The lowest BCUT2D eigenvalue weighted by atomic mass is 9.69. The van der Waals surface area contributed by atoms with E-state index in [1.807, 2.05) is 0 Å². The first-order valence-corrected chi connectivity index (χ1v) is 18.4. The summed E-state index contributed by atoms with van der Waals surface area (Å²) in [4.78, 5) is 2.49. The molecule has 5 heteroatoms. The highest BCUT2D eigenvalue weighted by Crippen LogP contribution is 2.47. The fourth-order valence-electron chi connectivity index (χ4n) is 5.46. The summed E-state index contributed by atoms with van der Waals surface area (Å²) in [6, 6.07) is 26.4.